The van der Waals surface area contributed by atoms with E-state index in [0.717, 1.165) is 76.1 Å². The highest BCUT2D eigenvalue weighted by molar-refractivity contribution is 5.94. The lowest BCUT2D eigenvalue weighted by Gasteiger charge is -2.35. The Labute approximate surface area is 192 Å². The van der Waals surface area contributed by atoms with Gasteiger partial charge in [0.15, 0.2) is 5.69 Å². The molecule has 2 aliphatic rings. The van der Waals surface area contributed by atoms with E-state index in [9.17, 15) is 4.79 Å². The van der Waals surface area contributed by atoms with Gasteiger partial charge in [-0.2, -0.15) is 5.10 Å². The Balaban J connectivity index is 1.38. The molecule has 2 aliphatic heterocycles. The lowest BCUT2D eigenvalue weighted by Crippen LogP contribution is -2.43. The lowest BCUT2D eigenvalue weighted by molar-refractivity contribution is 0.0440. The van der Waals surface area contributed by atoms with Crippen LogP contribution in [0.15, 0.2) is 24.3 Å². The predicted molar refractivity (Wildman–Crippen MR) is 127 cm³/mol. The van der Waals surface area contributed by atoms with Crippen LogP contribution in [0.4, 0.5) is 0 Å². The highest BCUT2D eigenvalue weighted by Crippen LogP contribution is 2.24. The maximum absolute atomic E-state index is 13.5. The number of nitrogens with one attached hydrogen (secondary N) is 1. The normalized spacial score (nSPS) is 20.0. The van der Waals surface area contributed by atoms with Crippen molar-refractivity contribution in [2.75, 3.05) is 32.8 Å². The third-order valence-electron chi connectivity index (χ3n) is 7.24. The van der Waals surface area contributed by atoms with Gasteiger partial charge in [-0.3, -0.25) is 14.8 Å². The van der Waals surface area contributed by atoms with Crippen molar-refractivity contribution in [1.82, 2.24) is 20.0 Å². The molecule has 1 atom stereocenters. The predicted octanol–water partition coefficient (Wildman–Crippen LogP) is 4.12. The van der Waals surface area contributed by atoms with E-state index in [1.165, 1.54) is 11.1 Å². The molecule has 6 heteroatoms. The molecule has 174 valence electrons. The van der Waals surface area contributed by atoms with Gasteiger partial charge in [0.25, 0.3) is 5.91 Å². The second-order valence-corrected chi connectivity index (χ2v) is 9.52. The molecule has 1 unspecified atom stereocenters. The van der Waals surface area contributed by atoms with Crippen molar-refractivity contribution in [3.63, 3.8) is 0 Å². The number of nitrogens with zero attached hydrogens (tertiary/aromatic N) is 3. The average Bonchev–Trinajstić information content (AvgIpc) is 3.45. The van der Waals surface area contributed by atoms with E-state index in [0.29, 0.717) is 18.2 Å². The van der Waals surface area contributed by atoms with Crippen LogP contribution in [-0.2, 0) is 17.7 Å². The number of likely N-dealkylation sites (tertiary alicyclic amines) is 1. The summed E-state index contributed by atoms with van der Waals surface area (Å²) in [6.45, 7) is 11.8. The van der Waals surface area contributed by atoms with Crippen LogP contribution in [-0.4, -0.2) is 64.8 Å². The topological polar surface area (TPSA) is 61.5 Å². The van der Waals surface area contributed by atoms with Gasteiger partial charge in [0.05, 0.1) is 6.10 Å². The van der Waals surface area contributed by atoms with Gasteiger partial charge in [0, 0.05) is 37.5 Å². The second kappa shape index (κ2) is 10.6. The number of piperidine rings is 1. The highest BCUT2D eigenvalue weighted by Gasteiger charge is 2.30. The number of ether oxygens (including phenoxy) is 1. The molecule has 32 heavy (non-hydrogen) atoms. The first-order valence-corrected chi connectivity index (χ1v) is 12.3. The largest absolute Gasteiger partial charge is 0.376 e. The maximum Gasteiger partial charge on any atom is 0.274 e. The molecule has 3 heterocycles. The van der Waals surface area contributed by atoms with E-state index in [1.807, 2.05) is 11.8 Å². The fourth-order valence-electron chi connectivity index (χ4n) is 5.08. The number of carbonyl (C=O) groups excluding carboxylic acids is 1. The van der Waals surface area contributed by atoms with Crippen LogP contribution >= 0.6 is 0 Å². The zero-order valence-electron chi connectivity index (χ0n) is 19.9. The van der Waals surface area contributed by atoms with Gasteiger partial charge in [-0.15, -0.1) is 0 Å². The van der Waals surface area contributed by atoms with Crippen LogP contribution in [0.2, 0.25) is 0 Å². The number of H-pyrrole nitrogens is 1. The molecule has 0 aliphatic carbocycles. The van der Waals surface area contributed by atoms with Crippen LogP contribution < -0.4 is 0 Å². The third-order valence-corrected chi connectivity index (χ3v) is 7.24. The van der Waals surface area contributed by atoms with Gasteiger partial charge in [0.1, 0.15) is 0 Å². The smallest absolute Gasteiger partial charge is 0.274 e. The number of aromatic amines is 1. The van der Waals surface area contributed by atoms with Crippen molar-refractivity contribution in [2.45, 2.75) is 65.5 Å². The molecular weight excluding hydrogens is 400 g/mol. The van der Waals surface area contributed by atoms with Gasteiger partial charge in [-0.25, -0.2) is 0 Å². The molecule has 1 aromatic heterocycles. The Kier molecular flexibility index (Phi) is 7.63. The van der Waals surface area contributed by atoms with Crippen molar-refractivity contribution in [1.29, 1.82) is 0 Å². The van der Waals surface area contributed by atoms with Crippen molar-refractivity contribution < 1.29 is 9.53 Å². The van der Waals surface area contributed by atoms with Gasteiger partial charge in [-0.05, 0) is 76.1 Å². The second-order valence-electron chi connectivity index (χ2n) is 9.52. The summed E-state index contributed by atoms with van der Waals surface area (Å²) >= 11 is 0. The first-order valence-electron chi connectivity index (χ1n) is 12.3. The molecule has 0 spiro atoms. The molecular formula is C26H38N4O2. The number of hydrogen-bond acceptors (Lipinski definition) is 4. The molecule has 0 saturated carbocycles. The Morgan fingerprint density at radius 3 is 2.62 bits per heavy atom. The number of aromatic nitrogens is 2. The summed E-state index contributed by atoms with van der Waals surface area (Å²) in [6.07, 6.45) is 5.40. The van der Waals surface area contributed by atoms with Crippen LogP contribution in [0.1, 0.15) is 65.5 Å². The van der Waals surface area contributed by atoms with Crippen molar-refractivity contribution >= 4 is 5.91 Å². The quantitative estimate of drug-likeness (QED) is 0.673. The summed E-state index contributed by atoms with van der Waals surface area (Å²) in [4.78, 5) is 18.1. The zero-order valence-corrected chi connectivity index (χ0v) is 19.9. The van der Waals surface area contributed by atoms with Gasteiger partial charge in [-0.1, -0.05) is 31.2 Å². The number of aryl methyl sites for hydroxylation is 2. The molecule has 4 rings (SSSR count). The standard InChI is InChI=1S/C26H38N4O2/c1-4-24-20(3)25(28-27-24)26(31)30(18-23-10-7-15-32-23)16-21-11-13-29(14-12-21)17-22-9-6-5-8-19(22)2/h5-6,8-9,21,23H,4,7,10-18H2,1-3H3,(H,27,28). The number of amides is 1. The van der Waals surface area contributed by atoms with Crippen LogP contribution in [0.5, 0.6) is 0 Å². The summed E-state index contributed by atoms with van der Waals surface area (Å²) in [5.74, 6) is 0.578. The van der Waals surface area contributed by atoms with Gasteiger partial charge in [0.2, 0.25) is 0 Å². The minimum absolute atomic E-state index is 0.0521. The first-order chi connectivity index (χ1) is 15.5. The summed E-state index contributed by atoms with van der Waals surface area (Å²) in [6, 6.07) is 8.66. The van der Waals surface area contributed by atoms with Crippen LogP contribution in [0.25, 0.3) is 0 Å². The van der Waals surface area contributed by atoms with E-state index >= 15 is 0 Å². The molecule has 1 aromatic carbocycles. The maximum atomic E-state index is 13.5. The SMILES string of the molecule is CCc1[nH]nc(C(=O)N(CC2CCN(Cc3ccccc3C)CC2)CC2CCCO2)c1C. The summed E-state index contributed by atoms with van der Waals surface area (Å²) in [5.41, 5.74) is 5.40. The van der Waals surface area contributed by atoms with Crippen molar-refractivity contribution in [3.05, 3.63) is 52.3 Å². The fourth-order valence-corrected chi connectivity index (χ4v) is 5.08. The number of carbonyl (C=O) groups is 1. The highest BCUT2D eigenvalue weighted by atomic mass is 16.5. The Morgan fingerprint density at radius 2 is 1.97 bits per heavy atom. The Hall–Kier alpha value is -2.18. The Bertz CT molecular complexity index is 895. The van der Waals surface area contributed by atoms with Crippen LogP contribution in [0.3, 0.4) is 0 Å². The summed E-state index contributed by atoms with van der Waals surface area (Å²) in [5, 5.41) is 7.43. The van der Waals surface area contributed by atoms with E-state index in [2.05, 4.69) is 53.2 Å². The average molecular weight is 439 g/mol. The lowest BCUT2D eigenvalue weighted by atomic mass is 9.95. The number of rotatable bonds is 8. The summed E-state index contributed by atoms with van der Waals surface area (Å²) in [7, 11) is 0. The number of benzene rings is 1. The minimum atomic E-state index is 0.0521. The molecule has 2 saturated heterocycles. The zero-order chi connectivity index (χ0) is 22.5. The Morgan fingerprint density at radius 1 is 1.19 bits per heavy atom. The fraction of sp³-hybridized carbons (Fsp3) is 0.615. The van der Waals surface area contributed by atoms with E-state index in [-0.39, 0.29) is 12.0 Å². The molecule has 1 amide bonds. The third kappa shape index (κ3) is 5.41. The molecule has 2 aromatic rings. The number of hydrogen-bond donors (Lipinski definition) is 1. The van der Waals surface area contributed by atoms with Crippen molar-refractivity contribution in [3.8, 4) is 0 Å². The van der Waals surface area contributed by atoms with Gasteiger partial charge >= 0.3 is 0 Å². The minimum Gasteiger partial charge on any atom is -0.376 e. The first kappa shape index (κ1) is 23.0. The monoisotopic (exact) mass is 438 g/mol. The van der Waals surface area contributed by atoms with Gasteiger partial charge < -0.3 is 9.64 Å². The molecule has 1 N–H and O–H groups in total. The molecule has 0 radical (unpaired) electrons. The molecule has 6 nitrogen and oxygen atoms in total. The van der Waals surface area contributed by atoms with Crippen LogP contribution in [0, 0.1) is 19.8 Å². The van der Waals surface area contributed by atoms with E-state index < -0.39 is 0 Å². The molecule has 0 bridgehead atoms. The molecule has 2 fully saturated rings. The summed E-state index contributed by atoms with van der Waals surface area (Å²) < 4.78 is 5.88. The van der Waals surface area contributed by atoms with Crippen molar-refractivity contribution in [2.24, 2.45) is 5.92 Å². The van der Waals surface area contributed by atoms with E-state index in [1.54, 1.807) is 0 Å². The van der Waals surface area contributed by atoms with E-state index in [4.69, 9.17) is 4.74 Å².